The molecule has 30 heavy (non-hydrogen) atoms. The molecule has 11 nitrogen and oxygen atoms in total. The zero-order valence-electron chi connectivity index (χ0n) is 15.8. The van der Waals surface area contributed by atoms with Crippen molar-refractivity contribution in [1.29, 1.82) is 0 Å². The van der Waals surface area contributed by atoms with E-state index in [2.05, 4.69) is 0 Å². The van der Waals surface area contributed by atoms with Crippen LogP contribution in [0.1, 0.15) is 27.1 Å². The molecule has 0 radical (unpaired) electrons. The molecule has 2 aromatic carbocycles. The number of benzene rings is 2. The van der Waals surface area contributed by atoms with Gasteiger partial charge in [-0.2, -0.15) is 0 Å². The zero-order chi connectivity index (χ0) is 21.7. The van der Waals surface area contributed by atoms with Crippen LogP contribution in [0.25, 0.3) is 10.8 Å². The highest BCUT2D eigenvalue weighted by atomic mass is 16.6. The number of nitro groups is 1. The molecule has 0 atom stereocenters. The van der Waals surface area contributed by atoms with Crippen LogP contribution in [0.3, 0.4) is 0 Å². The van der Waals surface area contributed by atoms with Crippen LogP contribution >= 0.6 is 0 Å². The summed E-state index contributed by atoms with van der Waals surface area (Å²) in [7, 11) is 0. The number of amides is 3. The molecule has 158 valence electrons. The fourth-order valence-corrected chi connectivity index (χ4v) is 3.19. The number of imide groups is 1. The lowest BCUT2D eigenvalue weighted by Gasteiger charge is -2.27. The first kappa shape index (κ1) is 21.3. The van der Waals surface area contributed by atoms with Gasteiger partial charge in [-0.25, -0.2) is 5.48 Å². The lowest BCUT2D eigenvalue weighted by atomic mass is 9.93. The molecule has 0 saturated carbocycles. The minimum atomic E-state index is -0.557. The molecule has 0 saturated heterocycles. The first-order valence-electron chi connectivity index (χ1n) is 9.10. The summed E-state index contributed by atoms with van der Waals surface area (Å²) >= 11 is 0. The molecule has 1 aliphatic rings. The van der Waals surface area contributed by atoms with Gasteiger partial charge in [0.25, 0.3) is 17.5 Å². The maximum absolute atomic E-state index is 12.8. The quantitative estimate of drug-likeness (QED) is 0.193. The Morgan fingerprint density at radius 3 is 2.37 bits per heavy atom. The predicted molar refractivity (Wildman–Crippen MR) is 102 cm³/mol. The van der Waals surface area contributed by atoms with Gasteiger partial charge in [-0.1, -0.05) is 6.07 Å². The minimum absolute atomic E-state index is 0.0103. The Labute approximate surface area is 170 Å². The normalized spacial score (nSPS) is 13.0. The average molecular weight is 417 g/mol. The van der Waals surface area contributed by atoms with Crippen molar-refractivity contribution in [2.45, 2.75) is 6.42 Å². The highest BCUT2D eigenvalue weighted by Crippen LogP contribution is 2.35. The third kappa shape index (κ3) is 4.27. The summed E-state index contributed by atoms with van der Waals surface area (Å²) in [5, 5.41) is 20.1. The maximum atomic E-state index is 12.8. The van der Waals surface area contributed by atoms with Crippen molar-refractivity contribution >= 4 is 34.2 Å². The van der Waals surface area contributed by atoms with E-state index in [1.165, 1.54) is 29.7 Å². The van der Waals surface area contributed by atoms with Gasteiger partial charge in [-0.15, -0.1) is 0 Å². The number of nitrogens with zero attached hydrogens (tertiary/aromatic N) is 2. The van der Waals surface area contributed by atoms with E-state index in [-0.39, 0.29) is 61.6 Å². The van der Waals surface area contributed by atoms with Crippen LogP contribution < -0.4 is 5.48 Å². The topological polar surface area (TPSA) is 148 Å². The van der Waals surface area contributed by atoms with Crippen molar-refractivity contribution in [1.82, 2.24) is 10.4 Å². The smallest absolute Gasteiger partial charge is 0.277 e. The number of non-ortho nitro benzene ring substituents is 1. The molecular formula is C19H19N3O8. The molecule has 0 spiro atoms. The standard InChI is InChI=1S/C19H19N3O8/c23-16(20-26)6-8-29-10-11-30-9-7-21-18(24)13-3-1-2-12-15(22(27)28)5-4-14(17(12)13)19(21)25/h1-5,26H,6-11H2,(H,20,23). The van der Waals surface area contributed by atoms with Crippen LogP contribution in [0.4, 0.5) is 5.69 Å². The van der Waals surface area contributed by atoms with E-state index in [4.69, 9.17) is 14.7 Å². The molecule has 0 unspecified atom stereocenters. The van der Waals surface area contributed by atoms with E-state index >= 15 is 0 Å². The third-order valence-corrected chi connectivity index (χ3v) is 4.59. The van der Waals surface area contributed by atoms with Crippen LogP contribution in [0.2, 0.25) is 0 Å². The van der Waals surface area contributed by atoms with E-state index in [0.29, 0.717) is 5.39 Å². The minimum Gasteiger partial charge on any atom is -0.379 e. The zero-order valence-corrected chi connectivity index (χ0v) is 15.8. The van der Waals surface area contributed by atoms with Gasteiger partial charge in [0.05, 0.1) is 49.7 Å². The van der Waals surface area contributed by atoms with Gasteiger partial charge in [-0.3, -0.25) is 34.6 Å². The van der Waals surface area contributed by atoms with Crippen LogP contribution in [0.15, 0.2) is 30.3 Å². The van der Waals surface area contributed by atoms with E-state index in [9.17, 15) is 24.5 Å². The average Bonchev–Trinajstić information content (AvgIpc) is 2.74. The summed E-state index contributed by atoms with van der Waals surface area (Å²) in [5.41, 5.74) is 1.79. The number of carbonyl (C=O) groups is 3. The number of rotatable bonds is 10. The summed E-state index contributed by atoms with van der Waals surface area (Å²) in [6, 6.07) is 7.23. The first-order valence-corrected chi connectivity index (χ1v) is 9.10. The number of ether oxygens (including phenoxy) is 2. The number of nitro benzene ring substituents is 1. The number of hydroxylamine groups is 1. The predicted octanol–water partition coefficient (Wildman–Crippen LogP) is 1.27. The molecule has 1 aliphatic heterocycles. The molecule has 3 rings (SSSR count). The third-order valence-electron chi connectivity index (χ3n) is 4.59. The van der Waals surface area contributed by atoms with Gasteiger partial charge in [0, 0.05) is 22.6 Å². The Kier molecular flexibility index (Phi) is 6.67. The Balaban J connectivity index is 1.60. The Bertz CT molecular complexity index is 984. The molecule has 2 aromatic rings. The molecule has 3 amide bonds. The van der Waals surface area contributed by atoms with Crippen molar-refractivity contribution in [2.24, 2.45) is 0 Å². The Morgan fingerprint density at radius 2 is 1.70 bits per heavy atom. The van der Waals surface area contributed by atoms with E-state index < -0.39 is 22.6 Å². The van der Waals surface area contributed by atoms with Gasteiger partial charge >= 0.3 is 0 Å². The highest BCUT2D eigenvalue weighted by Gasteiger charge is 2.34. The highest BCUT2D eigenvalue weighted by molar-refractivity contribution is 6.26. The van der Waals surface area contributed by atoms with E-state index in [1.807, 2.05) is 0 Å². The van der Waals surface area contributed by atoms with Crippen molar-refractivity contribution in [3.63, 3.8) is 0 Å². The first-order chi connectivity index (χ1) is 14.5. The summed E-state index contributed by atoms with van der Waals surface area (Å²) in [5.74, 6) is -1.62. The van der Waals surface area contributed by atoms with Gasteiger partial charge in [0.15, 0.2) is 0 Å². The molecule has 11 heteroatoms. The number of nitrogens with one attached hydrogen (secondary N) is 1. The van der Waals surface area contributed by atoms with Crippen molar-refractivity contribution in [3.05, 3.63) is 51.6 Å². The monoisotopic (exact) mass is 417 g/mol. The summed E-state index contributed by atoms with van der Waals surface area (Å²) in [6.07, 6.45) is 0.0103. The molecule has 0 fully saturated rings. The lowest BCUT2D eigenvalue weighted by Crippen LogP contribution is -2.42. The van der Waals surface area contributed by atoms with Crippen molar-refractivity contribution in [2.75, 3.05) is 33.0 Å². The second-order valence-electron chi connectivity index (χ2n) is 6.39. The molecule has 0 bridgehead atoms. The van der Waals surface area contributed by atoms with Crippen LogP contribution in [-0.2, 0) is 14.3 Å². The summed E-state index contributed by atoms with van der Waals surface area (Å²) < 4.78 is 10.5. The number of carbonyl (C=O) groups excluding carboxylic acids is 3. The van der Waals surface area contributed by atoms with Crippen molar-refractivity contribution in [3.8, 4) is 0 Å². The number of hydrogen-bond acceptors (Lipinski definition) is 8. The summed E-state index contributed by atoms with van der Waals surface area (Å²) in [6.45, 7) is 0.598. The fraction of sp³-hybridized carbons (Fsp3) is 0.316. The Morgan fingerprint density at radius 1 is 1.03 bits per heavy atom. The molecule has 0 aromatic heterocycles. The molecular weight excluding hydrogens is 398 g/mol. The van der Waals surface area contributed by atoms with Crippen LogP contribution in [0, 0.1) is 10.1 Å². The second kappa shape index (κ2) is 9.39. The van der Waals surface area contributed by atoms with Gasteiger partial charge in [0.1, 0.15) is 0 Å². The number of hydrogen-bond donors (Lipinski definition) is 2. The summed E-state index contributed by atoms with van der Waals surface area (Å²) in [4.78, 5) is 48.2. The van der Waals surface area contributed by atoms with E-state index in [1.54, 1.807) is 6.07 Å². The maximum Gasteiger partial charge on any atom is 0.277 e. The fourth-order valence-electron chi connectivity index (χ4n) is 3.19. The van der Waals surface area contributed by atoms with Crippen molar-refractivity contribution < 1.29 is 34.0 Å². The largest absolute Gasteiger partial charge is 0.379 e. The second-order valence-corrected chi connectivity index (χ2v) is 6.39. The SMILES string of the molecule is O=C(CCOCCOCCN1C(=O)c2cccc3c([N+](=O)[O-])ccc(c23)C1=O)NO. The Hall–Kier alpha value is -3.41. The van der Waals surface area contributed by atoms with Crippen LogP contribution in [0.5, 0.6) is 0 Å². The molecule has 2 N–H and O–H groups in total. The lowest BCUT2D eigenvalue weighted by molar-refractivity contribution is -0.383. The molecule has 1 heterocycles. The van der Waals surface area contributed by atoms with Crippen LogP contribution in [-0.4, -0.2) is 65.7 Å². The van der Waals surface area contributed by atoms with Gasteiger partial charge in [-0.05, 0) is 18.2 Å². The van der Waals surface area contributed by atoms with Gasteiger partial charge < -0.3 is 9.47 Å². The molecule has 0 aliphatic carbocycles. The van der Waals surface area contributed by atoms with E-state index in [0.717, 1.165) is 4.90 Å². The van der Waals surface area contributed by atoms with Gasteiger partial charge in [0.2, 0.25) is 5.91 Å².